The van der Waals surface area contributed by atoms with Crippen molar-refractivity contribution in [1.29, 1.82) is 0 Å². The fourth-order valence-electron chi connectivity index (χ4n) is 3.66. The summed E-state index contributed by atoms with van der Waals surface area (Å²) in [5.41, 5.74) is 1.52. The van der Waals surface area contributed by atoms with Crippen molar-refractivity contribution in [2.45, 2.75) is 13.5 Å². The summed E-state index contributed by atoms with van der Waals surface area (Å²) in [6.45, 7) is 1.99. The van der Waals surface area contributed by atoms with E-state index in [1.54, 1.807) is 60.7 Å². The van der Waals surface area contributed by atoms with Gasteiger partial charge in [0, 0.05) is 11.3 Å². The largest absolute Gasteiger partial charge is 0.494 e. The normalized spacial score (nSPS) is 14.1. The molecule has 0 aliphatic carbocycles. The second-order valence-electron chi connectivity index (χ2n) is 8.19. The highest BCUT2D eigenvalue weighted by atomic mass is 127. The molecule has 1 heterocycles. The number of amides is 3. The van der Waals surface area contributed by atoms with E-state index in [1.165, 1.54) is 13.2 Å². The van der Waals surface area contributed by atoms with Crippen LogP contribution in [-0.4, -0.2) is 42.2 Å². The van der Waals surface area contributed by atoms with Crippen LogP contribution in [0.4, 0.5) is 14.9 Å². The van der Waals surface area contributed by atoms with Crippen molar-refractivity contribution in [3.63, 3.8) is 0 Å². The summed E-state index contributed by atoms with van der Waals surface area (Å²) in [4.78, 5) is 39.1. The van der Waals surface area contributed by atoms with Gasteiger partial charge in [0.15, 0.2) is 11.5 Å². The number of benzene rings is 3. The highest BCUT2D eigenvalue weighted by molar-refractivity contribution is 14.1. The lowest BCUT2D eigenvalue weighted by Crippen LogP contribution is -2.36. The second kappa shape index (κ2) is 13.0. The number of hydrogen-bond acceptors (Lipinski definition) is 7. The van der Waals surface area contributed by atoms with Crippen LogP contribution in [0.15, 0.2) is 65.6 Å². The number of hydrogen-bond donors (Lipinski definition) is 1. The molecule has 11 heteroatoms. The van der Waals surface area contributed by atoms with E-state index in [1.807, 2.05) is 6.92 Å². The van der Waals surface area contributed by atoms with Crippen molar-refractivity contribution in [3.05, 3.63) is 86.1 Å². The van der Waals surface area contributed by atoms with Crippen LogP contribution in [-0.2, 0) is 16.2 Å². The molecule has 1 aliphatic rings. The fourth-order valence-corrected chi connectivity index (χ4v) is 5.28. The average molecular weight is 662 g/mol. The summed E-state index contributed by atoms with van der Waals surface area (Å²) in [5, 5.41) is 2.13. The van der Waals surface area contributed by atoms with Crippen molar-refractivity contribution in [1.82, 2.24) is 4.90 Å². The van der Waals surface area contributed by atoms with Crippen molar-refractivity contribution >= 4 is 63.2 Å². The maximum Gasteiger partial charge on any atom is 0.294 e. The van der Waals surface area contributed by atoms with E-state index < -0.39 is 23.6 Å². The highest BCUT2D eigenvalue weighted by Gasteiger charge is 2.36. The van der Waals surface area contributed by atoms with Gasteiger partial charge in [0.25, 0.3) is 11.1 Å². The number of imide groups is 1. The number of carbonyl (C=O) groups excluding carboxylic acids is 3. The number of thioether (sulfide) groups is 1. The molecule has 3 aromatic carbocycles. The zero-order valence-corrected chi connectivity index (χ0v) is 24.0. The SMILES string of the molecule is CCOc1ccc(NC(=O)CN2C(=O)S/C(=C/c3cc(I)c(OCc4ccccc4F)c(OC)c3)C2=O)cc1. The molecule has 0 saturated carbocycles. The van der Waals surface area contributed by atoms with E-state index in [2.05, 4.69) is 27.9 Å². The summed E-state index contributed by atoms with van der Waals surface area (Å²) < 4.78 is 31.3. The zero-order chi connectivity index (χ0) is 27.9. The Morgan fingerprint density at radius 2 is 1.85 bits per heavy atom. The summed E-state index contributed by atoms with van der Waals surface area (Å²) in [5.74, 6) is 0.0431. The molecule has 4 rings (SSSR count). The lowest BCUT2D eigenvalue weighted by molar-refractivity contribution is -0.127. The Labute approximate surface area is 242 Å². The molecule has 1 fully saturated rings. The number of carbonyl (C=O) groups is 3. The van der Waals surface area contributed by atoms with Crippen LogP contribution in [0.5, 0.6) is 17.2 Å². The van der Waals surface area contributed by atoms with Gasteiger partial charge in [0.1, 0.15) is 24.7 Å². The van der Waals surface area contributed by atoms with Crippen LogP contribution in [0.1, 0.15) is 18.1 Å². The molecule has 0 aromatic heterocycles. The quantitative estimate of drug-likeness (QED) is 0.208. The van der Waals surface area contributed by atoms with Crippen LogP contribution >= 0.6 is 34.4 Å². The third-order valence-corrected chi connectivity index (χ3v) is 7.21. The first kappa shape index (κ1) is 28.4. The third-order valence-electron chi connectivity index (χ3n) is 5.50. The van der Waals surface area contributed by atoms with Crippen molar-refractivity contribution in [2.75, 3.05) is 25.6 Å². The number of anilines is 1. The van der Waals surface area contributed by atoms with E-state index in [9.17, 15) is 18.8 Å². The molecular weight excluding hydrogens is 638 g/mol. The van der Waals surface area contributed by atoms with Gasteiger partial charge in [-0.15, -0.1) is 0 Å². The third kappa shape index (κ3) is 7.09. The van der Waals surface area contributed by atoms with Gasteiger partial charge >= 0.3 is 0 Å². The summed E-state index contributed by atoms with van der Waals surface area (Å²) in [7, 11) is 1.47. The summed E-state index contributed by atoms with van der Waals surface area (Å²) in [6.07, 6.45) is 1.56. The van der Waals surface area contributed by atoms with E-state index in [4.69, 9.17) is 14.2 Å². The van der Waals surface area contributed by atoms with Gasteiger partial charge in [-0.3, -0.25) is 19.3 Å². The molecule has 0 spiro atoms. The molecule has 0 unspecified atom stereocenters. The molecule has 202 valence electrons. The number of rotatable bonds is 10. The van der Waals surface area contributed by atoms with Crippen molar-refractivity contribution < 1.29 is 33.0 Å². The van der Waals surface area contributed by atoms with Crippen molar-refractivity contribution in [3.8, 4) is 17.2 Å². The number of methoxy groups -OCH3 is 1. The number of ether oxygens (including phenoxy) is 3. The molecular formula is C28H24FIN2O6S. The minimum Gasteiger partial charge on any atom is -0.494 e. The number of nitrogens with one attached hydrogen (secondary N) is 1. The van der Waals surface area contributed by atoms with Gasteiger partial charge in [-0.05, 0) is 95.4 Å². The first-order valence-corrected chi connectivity index (χ1v) is 13.7. The second-order valence-corrected chi connectivity index (χ2v) is 10.3. The first-order chi connectivity index (χ1) is 18.8. The predicted molar refractivity (Wildman–Crippen MR) is 155 cm³/mol. The van der Waals surface area contributed by atoms with E-state index in [0.29, 0.717) is 44.2 Å². The van der Waals surface area contributed by atoms with Crippen molar-refractivity contribution in [2.24, 2.45) is 0 Å². The van der Waals surface area contributed by atoms with Crippen LogP contribution in [0.3, 0.4) is 0 Å². The number of nitrogens with zero attached hydrogens (tertiary/aromatic N) is 1. The Balaban J connectivity index is 1.44. The maximum atomic E-state index is 14.0. The van der Waals surface area contributed by atoms with Gasteiger partial charge in [-0.1, -0.05) is 18.2 Å². The average Bonchev–Trinajstić information content (AvgIpc) is 3.17. The van der Waals surface area contributed by atoms with Gasteiger partial charge in [0.2, 0.25) is 5.91 Å². The van der Waals surface area contributed by atoms with Crippen LogP contribution in [0, 0.1) is 9.39 Å². The lowest BCUT2D eigenvalue weighted by Gasteiger charge is -2.14. The Morgan fingerprint density at radius 1 is 1.10 bits per heavy atom. The van der Waals surface area contributed by atoms with E-state index >= 15 is 0 Å². The van der Waals surface area contributed by atoms with Crippen LogP contribution in [0.25, 0.3) is 6.08 Å². The molecule has 1 N–H and O–H groups in total. The molecule has 8 nitrogen and oxygen atoms in total. The monoisotopic (exact) mass is 662 g/mol. The molecule has 3 aromatic rings. The van der Waals surface area contributed by atoms with E-state index in [0.717, 1.165) is 16.7 Å². The molecule has 39 heavy (non-hydrogen) atoms. The topological polar surface area (TPSA) is 94.2 Å². The fraction of sp³-hybridized carbons (Fsp3) is 0.179. The van der Waals surface area contributed by atoms with Gasteiger partial charge < -0.3 is 19.5 Å². The van der Waals surface area contributed by atoms with Gasteiger partial charge in [-0.25, -0.2) is 4.39 Å². The highest BCUT2D eigenvalue weighted by Crippen LogP contribution is 2.37. The Kier molecular flexibility index (Phi) is 9.46. The predicted octanol–water partition coefficient (Wildman–Crippen LogP) is 6.09. The smallest absolute Gasteiger partial charge is 0.294 e. The Bertz CT molecular complexity index is 1430. The first-order valence-electron chi connectivity index (χ1n) is 11.8. The minimum absolute atomic E-state index is 0.00992. The maximum absolute atomic E-state index is 14.0. The van der Waals surface area contributed by atoms with Gasteiger partial charge in [-0.2, -0.15) is 0 Å². The lowest BCUT2D eigenvalue weighted by atomic mass is 10.1. The Hall–Kier alpha value is -3.58. The number of halogens is 2. The molecule has 3 amide bonds. The summed E-state index contributed by atoms with van der Waals surface area (Å²) in [6, 6.07) is 16.5. The molecule has 0 bridgehead atoms. The summed E-state index contributed by atoms with van der Waals surface area (Å²) >= 11 is 2.81. The van der Waals surface area contributed by atoms with E-state index in [-0.39, 0.29) is 17.3 Å². The molecule has 1 aliphatic heterocycles. The molecule has 0 atom stereocenters. The minimum atomic E-state index is -0.569. The van der Waals surface area contributed by atoms with Crippen LogP contribution < -0.4 is 19.5 Å². The van der Waals surface area contributed by atoms with Gasteiger partial charge in [0.05, 0.1) is 22.2 Å². The standard InChI is InChI=1S/C28H24FIN2O6S/c1-3-37-20-10-8-19(9-11-20)31-25(33)15-32-27(34)24(39-28(32)35)14-17-12-22(30)26(23(13-17)36-2)38-16-18-6-4-5-7-21(18)29/h4-14H,3,15-16H2,1-2H3,(H,31,33)/b24-14+. The Morgan fingerprint density at radius 3 is 2.54 bits per heavy atom. The van der Waals surface area contributed by atoms with Crippen LogP contribution in [0.2, 0.25) is 0 Å². The molecule has 1 saturated heterocycles. The molecule has 0 radical (unpaired) electrons. The zero-order valence-electron chi connectivity index (χ0n) is 21.0.